The number of ether oxygens (including phenoxy) is 2. The number of piperazine rings is 1. The van der Waals surface area contributed by atoms with Gasteiger partial charge in [0.05, 0.1) is 19.8 Å². The smallest absolute Gasteiger partial charge is 0.332 e. The van der Waals surface area contributed by atoms with E-state index in [1.165, 1.54) is 64.2 Å². The number of aliphatic hydroxyl groups is 1. The second-order valence-corrected chi connectivity index (χ2v) is 15.4. The molecule has 1 saturated heterocycles. The molecular formula is C47H83N3O6. The predicted molar refractivity (Wildman–Crippen MR) is 233 cm³/mol. The van der Waals surface area contributed by atoms with Gasteiger partial charge in [0.1, 0.15) is 6.61 Å². The van der Waals surface area contributed by atoms with Crippen molar-refractivity contribution in [1.29, 1.82) is 0 Å². The maximum Gasteiger partial charge on any atom is 0.332 e. The molecule has 1 heterocycles. The van der Waals surface area contributed by atoms with E-state index in [9.17, 15) is 19.5 Å². The van der Waals surface area contributed by atoms with Gasteiger partial charge in [-0.3, -0.25) is 19.4 Å². The molecule has 1 aliphatic rings. The normalized spacial score (nSPS) is 14.8. The quantitative estimate of drug-likeness (QED) is 0.0364. The van der Waals surface area contributed by atoms with Crippen LogP contribution in [-0.2, 0) is 23.9 Å². The number of hydrogen-bond donors (Lipinski definition) is 2. The van der Waals surface area contributed by atoms with Gasteiger partial charge < -0.3 is 19.9 Å². The number of β-amino-alcohol motifs (C(OH)–C–C–N with tert-alkyl or cyclic N) is 1. The zero-order valence-electron chi connectivity index (χ0n) is 35.9. The Morgan fingerprint density at radius 2 is 1.05 bits per heavy atom. The molecule has 0 saturated carbocycles. The first kappa shape index (κ1) is 51.3. The van der Waals surface area contributed by atoms with E-state index >= 15 is 0 Å². The number of carbonyl (C=O) groups is 3. The molecule has 56 heavy (non-hydrogen) atoms. The second-order valence-electron chi connectivity index (χ2n) is 15.4. The largest absolute Gasteiger partial charge is 0.464 e. The zero-order chi connectivity index (χ0) is 40.6. The molecule has 0 aliphatic carbocycles. The van der Waals surface area contributed by atoms with Crippen molar-refractivity contribution in [3.05, 3.63) is 48.6 Å². The van der Waals surface area contributed by atoms with Crippen LogP contribution < -0.4 is 5.32 Å². The van der Waals surface area contributed by atoms with E-state index in [4.69, 9.17) is 9.47 Å². The number of rotatable bonds is 37. The van der Waals surface area contributed by atoms with E-state index in [0.29, 0.717) is 26.1 Å². The first-order valence-electron chi connectivity index (χ1n) is 22.8. The van der Waals surface area contributed by atoms with E-state index in [0.717, 1.165) is 96.6 Å². The van der Waals surface area contributed by atoms with Crippen LogP contribution in [0.15, 0.2) is 48.6 Å². The van der Waals surface area contributed by atoms with E-state index in [1.807, 2.05) is 4.90 Å². The monoisotopic (exact) mass is 786 g/mol. The minimum absolute atomic E-state index is 0.119. The van der Waals surface area contributed by atoms with E-state index in [1.54, 1.807) is 0 Å². The molecule has 2 N–H and O–H groups in total. The number of nitrogens with one attached hydrogen (secondary N) is 1. The third-order valence-corrected chi connectivity index (χ3v) is 10.2. The molecule has 1 fully saturated rings. The molecule has 1 amide bonds. The predicted octanol–water partition coefficient (Wildman–Crippen LogP) is 9.79. The molecule has 0 spiro atoms. The lowest BCUT2D eigenvalue weighted by atomic mass is 10.1. The van der Waals surface area contributed by atoms with Gasteiger partial charge in [-0.15, -0.1) is 0 Å². The summed E-state index contributed by atoms with van der Waals surface area (Å²) in [5.74, 6) is -1.20. The molecule has 9 heteroatoms. The summed E-state index contributed by atoms with van der Waals surface area (Å²) >= 11 is 0. The van der Waals surface area contributed by atoms with Crippen LogP contribution in [0.3, 0.4) is 0 Å². The van der Waals surface area contributed by atoms with Gasteiger partial charge in [0.2, 0.25) is 5.91 Å². The van der Waals surface area contributed by atoms with Crippen molar-refractivity contribution >= 4 is 17.8 Å². The Morgan fingerprint density at radius 1 is 0.589 bits per heavy atom. The maximum absolute atomic E-state index is 13.1. The minimum atomic E-state index is -1.03. The molecule has 1 atom stereocenters. The van der Waals surface area contributed by atoms with Gasteiger partial charge in [0.25, 0.3) is 0 Å². The van der Waals surface area contributed by atoms with Crippen LogP contribution in [0.2, 0.25) is 0 Å². The molecular weight excluding hydrogens is 703 g/mol. The van der Waals surface area contributed by atoms with Crippen LogP contribution in [0.25, 0.3) is 0 Å². The summed E-state index contributed by atoms with van der Waals surface area (Å²) in [6, 6.07) is -1.03. The lowest BCUT2D eigenvalue weighted by Crippen LogP contribution is -2.52. The average Bonchev–Trinajstić information content (AvgIpc) is 3.19. The minimum Gasteiger partial charge on any atom is -0.464 e. The summed E-state index contributed by atoms with van der Waals surface area (Å²) in [6.45, 7) is 8.40. The number of allylic oxidation sites excluding steroid dienone is 8. The van der Waals surface area contributed by atoms with Crippen molar-refractivity contribution in [2.24, 2.45) is 0 Å². The molecule has 0 bridgehead atoms. The van der Waals surface area contributed by atoms with Gasteiger partial charge in [-0.2, -0.15) is 0 Å². The highest BCUT2D eigenvalue weighted by molar-refractivity contribution is 5.86. The van der Waals surface area contributed by atoms with Crippen LogP contribution in [0, 0.1) is 0 Å². The third-order valence-electron chi connectivity index (χ3n) is 10.2. The molecule has 322 valence electrons. The summed E-state index contributed by atoms with van der Waals surface area (Å²) in [4.78, 5) is 42.8. The van der Waals surface area contributed by atoms with Gasteiger partial charge in [0, 0.05) is 39.1 Å². The number of esters is 2. The molecule has 0 aromatic rings. The lowest BCUT2D eigenvalue weighted by molar-refractivity contribution is -0.154. The summed E-state index contributed by atoms with van der Waals surface area (Å²) in [7, 11) is 0. The highest BCUT2D eigenvalue weighted by Crippen LogP contribution is 2.11. The Morgan fingerprint density at radius 3 is 1.57 bits per heavy atom. The number of aliphatic hydroxyl groups excluding tert-OH is 1. The Labute approximate surface area is 342 Å². The molecule has 0 unspecified atom stereocenters. The van der Waals surface area contributed by atoms with E-state index in [-0.39, 0.29) is 38.2 Å². The van der Waals surface area contributed by atoms with Crippen LogP contribution in [0.5, 0.6) is 0 Å². The number of carbonyl (C=O) groups excluding carboxylic acids is 3. The van der Waals surface area contributed by atoms with Crippen molar-refractivity contribution in [2.45, 2.75) is 174 Å². The van der Waals surface area contributed by atoms with Gasteiger partial charge >= 0.3 is 11.9 Å². The van der Waals surface area contributed by atoms with Gasteiger partial charge in [-0.1, -0.05) is 133 Å². The van der Waals surface area contributed by atoms with E-state index < -0.39 is 12.0 Å². The fourth-order valence-corrected chi connectivity index (χ4v) is 6.62. The van der Waals surface area contributed by atoms with E-state index in [2.05, 4.69) is 72.7 Å². The topological polar surface area (TPSA) is 108 Å². The number of unbranched alkanes of at least 4 members (excludes halogenated alkanes) is 17. The Hall–Kier alpha value is -2.75. The van der Waals surface area contributed by atoms with Gasteiger partial charge in [-0.25, -0.2) is 4.79 Å². The number of nitrogens with zero attached hydrogens (tertiary/aromatic N) is 2. The van der Waals surface area contributed by atoms with Crippen LogP contribution in [-0.4, -0.2) is 97.9 Å². The van der Waals surface area contributed by atoms with Crippen LogP contribution in [0.1, 0.15) is 168 Å². The first-order valence-corrected chi connectivity index (χ1v) is 22.8. The highest BCUT2D eigenvalue weighted by atomic mass is 16.6. The SMILES string of the molecule is CCCCC/C=C\C/C=C\CCCCCCCCOC(=O)[C@H](COC(=O)CCCCCCC/C=C\C/C=C\CCCCC)NC(=O)CN1CCN(CCO)CC1. The average molecular weight is 786 g/mol. The molecule has 1 aliphatic heterocycles. The van der Waals surface area contributed by atoms with Gasteiger partial charge in [0.15, 0.2) is 6.04 Å². The van der Waals surface area contributed by atoms with Gasteiger partial charge in [-0.05, 0) is 77.0 Å². The number of amides is 1. The lowest BCUT2D eigenvalue weighted by Gasteiger charge is -2.34. The summed E-state index contributed by atoms with van der Waals surface area (Å²) in [5.41, 5.74) is 0. The molecule has 0 aromatic heterocycles. The second kappa shape index (κ2) is 39.1. The maximum atomic E-state index is 13.1. The van der Waals surface area contributed by atoms with Crippen molar-refractivity contribution in [3.8, 4) is 0 Å². The Kier molecular flexibility index (Phi) is 35.8. The summed E-state index contributed by atoms with van der Waals surface area (Å²) in [6.07, 6.45) is 44.3. The molecule has 1 rings (SSSR count). The number of hydrogen-bond acceptors (Lipinski definition) is 8. The Balaban J connectivity index is 2.32. The first-order chi connectivity index (χ1) is 27.5. The van der Waals surface area contributed by atoms with Crippen LogP contribution >= 0.6 is 0 Å². The van der Waals surface area contributed by atoms with Crippen LogP contribution in [0.4, 0.5) is 0 Å². The van der Waals surface area contributed by atoms with Crippen molar-refractivity contribution in [1.82, 2.24) is 15.1 Å². The standard InChI is InChI=1S/C47H83N3O6/c1-3-5-7-9-11-13-15-17-19-21-23-25-27-29-31-33-41-55-47(54)44(48-45(52)42-50-37-35-49(36-38-50)39-40-51)43-56-46(53)34-32-30-28-26-24-22-20-18-16-14-12-10-8-6-4-2/h11-14,17-20,44,51H,3-10,15-16,21-43H2,1-2H3,(H,48,52)/b13-11-,14-12-,19-17-,20-18-/t44-/m0/s1. The summed E-state index contributed by atoms with van der Waals surface area (Å²) < 4.78 is 11.1. The third kappa shape index (κ3) is 32.3. The van der Waals surface area contributed by atoms with Crippen molar-refractivity contribution in [3.63, 3.8) is 0 Å². The zero-order valence-corrected chi connectivity index (χ0v) is 35.9. The fraction of sp³-hybridized carbons (Fsp3) is 0.766. The molecule has 9 nitrogen and oxygen atoms in total. The molecule has 0 aromatic carbocycles. The van der Waals surface area contributed by atoms with Crippen molar-refractivity contribution in [2.75, 3.05) is 59.1 Å². The molecule has 0 radical (unpaired) electrons. The Bertz CT molecular complexity index is 1070. The van der Waals surface area contributed by atoms with Crippen molar-refractivity contribution < 1.29 is 29.0 Å². The highest BCUT2D eigenvalue weighted by Gasteiger charge is 2.26. The fourth-order valence-electron chi connectivity index (χ4n) is 6.62. The summed E-state index contributed by atoms with van der Waals surface area (Å²) in [5, 5.41) is 12.0.